The van der Waals surface area contributed by atoms with Crippen LogP contribution in [0, 0.1) is 0 Å². The van der Waals surface area contributed by atoms with Crippen molar-refractivity contribution in [2.45, 2.75) is 43.7 Å². The molecule has 1 aliphatic carbocycles. The Balaban J connectivity index is 1.77. The van der Waals surface area contributed by atoms with E-state index in [4.69, 9.17) is 9.47 Å². The van der Waals surface area contributed by atoms with Crippen LogP contribution in [0.5, 0.6) is 5.75 Å². The van der Waals surface area contributed by atoms with Gasteiger partial charge < -0.3 is 9.47 Å². The van der Waals surface area contributed by atoms with Gasteiger partial charge in [0.15, 0.2) is 0 Å². The largest absolute Gasteiger partial charge is 0.488 e. The summed E-state index contributed by atoms with van der Waals surface area (Å²) in [7, 11) is 0. The van der Waals surface area contributed by atoms with E-state index in [1.807, 2.05) is 24.3 Å². The van der Waals surface area contributed by atoms with E-state index >= 15 is 0 Å². The minimum atomic E-state index is -0.357. The summed E-state index contributed by atoms with van der Waals surface area (Å²) in [6.07, 6.45) is 6.86. The molecule has 20 heavy (non-hydrogen) atoms. The van der Waals surface area contributed by atoms with E-state index in [2.05, 4.69) is 4.99 Å². The van der Waals surface area contributed by atoms with Crippen LogP contribution < -0.4 is 4.74 Å². The molecule has 0 radical (unpaired) electrons. The van der Waals surface area contributed by atoms with E-state index in [1.165, 1.54) is 0 Å². The van der Waals surface area contributed by atoms with Gasteiger partial charge in [0, 0.05) is 6.61 Å². The van der Waals surface area contributed by atoms with Gasteiger partial charge in [-0.25, -0.2) is 4.79 Å². The number of nitrogens with zero attached hydrogens (tertiary/aromatic N) is 1. The number of hydrogen-bond acceptors (Lipinski definition) is 4. The number of benzene rings is 1. The highest BCUT2D eigenvalue weighted by molar-refractivity contribution is 5.41. The van der Waals surface area contributed by atoms with Gasteiger partial charge >= 0.3 is 0 Å². The topological polar surface area (TPSA) is 47.9 Å². The van der Waals surface area contributed by atoms with Gasteiger partial charge in [-0.1, -0.05) is 12.1 Å². The molecule has 0 aromatic heterocycles. The second-order valence-electron chi connectivity index (χ2n) is 5.57. The predicted molar refractivity (Wildman–Crippen MR) is 74.6 cm³/mol. The smallest absolute Gasteiger partial charge is 0.235 e. The lowest BCUT2D eigenvalue weighted by Gasteiger charge is -2.37. The van der Waals surface area contributed by atoms with Crippen LogP contribution in [-0.4, -0.2) is 25.4 Å². The molecule has 2 aliphatic rings. The molecule has 1 aromatic carbocycles. The number of isocyanates is 1. The summed E-state index contributed by atoms with van der Waals surface area (Å²) in [6, 6.07) is 7.95. The lowest BCUT2D eigenvalue weighted by molar-refractivity contribution is 0.00733. The van der Waals surface area contributed by atoms with Gasteiger partial charge in [-0.15, -0.1) is 0 Å². The van der Waals surface area contributed by atoms with Crippen molar-refractivity contribution in [1.82, 2.24) is 0 Å². The van der Waals surface area contributed by atoms with Crippen LogP contribution in [0.2, 0.25) is 0 Å². The fraction of sp³-hybridized carbons (Fsp3) is 0.562. The van der Waals surface area contributed by atoms with Gasteiger partial charge in [0.25, 0.3) is 0 Å². The zero-order chi connectivity index (χ0) is 13.8. The second kappa shape index (κ2) is 5.78. The number of carbonyl (C=O) groups excluding carboxylic acids is 1. The maximum absolute atomic E-state index is 10.6. The summed E-state index contributed by atoms with van der Waals surface area (Å²) in [5.74, 6) is 0.838. The summed E-state index contributed by atoms with van der Waals surface area (Å²) in [4.78, 5) is 14.7. The first-order valence-electron chi connectivity index (χ1n) is 7.26. The Bertz CT molecular complexity index is 512. The highest BCUT2D eigenvalue weighted by Gasteiger charge is 2.39. The molecular formula is C16H19NO3. The van der Waals surface area contributed by atoms with E-state index < -0.39 is 0 Å². The van der Waals surface area contributed by atoms with Gasteiger partial charge in [-0.05, 0) is 49.8 Å². The first-order valence-corrected chi connectivity index (χ1v) is 7.26. The van der Waals surface area contributed by atoms with E-state index in [9.17, 15) is 4.79 Å². The fourth-order valence-electron chi connectivity index (χ4n) is 2.92. The van der Waals surface area contributed by atoms with Crippen molar-refractivity contribution in [3.8, 4) is 5.75 Å². The molecule has 1 aliphatic heterocycles. The number of ether oxygens (including phenoxy) is 2. The summed E-state index contributed by atoms with van der Waals surface area (Å²) >= 11 is 0. The van der Waals surface area contributed by atoms with Crippen molar-refractivity contribution in [1.29, 1.82) is 0 Å². The van der Waals surface area contributed by atoms with Crippen molar-refractivity contribution >= 4 is 6.08 Å². The lowest BCUT2D eigenvalue weighted by atomic mass is 9.72. The number of aliphatic imine (C=N–C) groups is 1. The van der Waals surface area contributed by atoms with Crippen LogP contribution in [-0.2, 0) is 15.1 Å². The molecule has 0 spiro atoms. The highest BCUT2D eigenvalue weighted by Crippen LogP contribution is 2.45. The van der Waals surface area contributed by atoms with Gasteiger partial charge in [-0.3, -0.25) is 0 Å². The third-order valence-corrected chi connectivity index (χ3v) is 4.23. The number of hydrogen-bond donors (Lipinski definition) is 0. The minimum absolute atomic E-state index is 0.130. The Morgan fingerprint density at radius 2 is 2.25 bits per heavy atom. The molecule has 0 N–H and O–H groups in total. The van der Waals surface area contributed by atoms with Gasteiger partial charge in [0.05, 0.1) is 12.1 Å². The summed E-state index contributed by atoms with van der Waals surface area (Å²) < 4.78 is 11.4. The molecule has 1 atom stereocenters. The molecule has 1 aromatic rings. The average Bonchev–Trinajstić information content (AvgIpc) is 2.44. The van der Waals surface area contributed by atoms with E-state index in [-0.39, 0.29) is 11.6 Å². The van der Waals surface area contributed by atoms with Crippen LogP contribution in [0.15, 0.2) is 29.3 Å². The second-order valence-corrected chi connectivity index (χ2v) is 5.57. The molecule has 3 rings (SSSR count). The summed E-state index contributed by atoms with van der Waals surface area (Å²) in [5, 5.41) is 0. The molecule has 2 fully saturated rings. The van der Waals surface area contributed by atoms with E-state index in [0.717, 1.165) is 50.0 Å². The maximum Gasteiger partial charge on any atom is 0.235 e. The van der Waals surface area contributed by atoms with Gasteiger partial charge in [-0.2, -0.15) is 4.99 Å². The Morgan fingerprint density at radius 3 is 2.90 bits per heavy atom. The van der Waals surface area contributed by atoms with Gasteiger partial charge in [0.1, 0.15) is 11.9 Å². The molecule has 106 valence electrons. The van der Waals surface area contributed by atoms with Crippen molar-refractivity contribution in [3.63, 3.8) is 0 Å². The van der Waals surface area contributed by atoms with Crippen LogP contribution in [0.4, 0.5) is 0 Å². The van der Waals surface area contributed by atoms with E-state index in [0.29, 0.717) is 6.61 Å². The fourth-order valence-corrected chi connectivity index (χ4v) is 2.92. The van der Waals surface area contributed by atoms with E-state index in [1.54, 1.807) is 6.08 Å². The Labute approximate surface area is 118 Å². The SMILES string of the molecule is O=C=NC1(c2cccc(OC3CCCOC3)c2)CCC1. The summed E-state index contributed by atoms with van der Waals surface area (Å²) in [5.41, 5.74) is 0.700. The standard InChI is InChI=1S/C16H19NO3/c18-12-17-16(7-3-8-16)13-4-1-5-14(10-13)20-15-6-2-9-19-11-15/h1,4-5,10,15H,2-3,6-9,11H2. The molecule has 1 unspecified atom stereocenters. The first kappa shape index (κ1) is 13.3. The van der Waals surface area contributed by atoms with Crippen LogP contribution in [0.25, 0.3) is 0 Å². The molecule has 1 saturated carbocycles. The third-order valence-electron chi connectivity index (χ3n) is 4.23. The maximum atomic E-state index is 10.6. The summed E-state index contributed by atoms with van der Waals surface area (Å²) in [6.45, 7) is 1.49. The van der Waals surface area contributed by atoms with Crippen LogP contribution in [0.3, 0.4) is 0 Å². The van der Waals surface area contributed by atoms with Gasteiger partial charge in [0.2, 0.25) is 6.08 Å². The molecule has 4 nitrogen and oxygen atoms in total. The Kier molecular flexibility index (Phi) is 3.86. The molecule has 0 bridgehead atoms. The van der Waals surface area contributed by atoms with Crippen molar-refractivity contribution in [2.24, 2.45) is 4.99 Å². The van der Waals surface area contributed by atoms with Crippen LogP contribution >= 0.6 is 0 Å². The Morgan fingerprint density at radius 1 is 1.35 bits per heavy atom. The Hall–Kier alpha value is -1.64. The minimum Gasteiger partial charge on any atom is -0.488 e. The number of rotatable bonds is 4. The van der Waals surface area contributed by atoms with Crippen molar-refractivity contribution < 1.29 is 14.3 Å². The predicted octanol–water partition coefficient (Wildman–Crippen LogP) is 2.96. The highest BCUT2D eigenvalue weighted by atomic mass is 16.5. The molecule has 0 amide bonds. The van der Waals surface area contributed by atoms with Crippen molar-refractivity contribution in [3.05, 3.63) is 29.8 Å². The van der Waals surface area contributed by atoms with Crippen LogP contribution in [0.1, 0.15) is 37.7 Å². The monoisotopic (exact) mass is 273 g/mol. The molecule has 4 heteroatoms. The first-order chi connectivity index (χ1) is 9.82. The third kappa shape index (κ3) is 2.62. The van der Waals surface area contributed by atoms with Crippen molar-refractivity contribution in [2.75, 3.05) is 13.2 Å². The molecule has 1 saturated heterocycles. The molecular weight excluding hydrogens is 254 g/mol. The normalized spacial score (nSPS) is 24.3. The quantitative estimate of drug-likeness (QED) is 0.626. The zero-order valence-corrected chi connectivity index (χ0v) is 11.5. The zero-order valence-electron chi connectivity index (χ0n) is 11.5. The lowest BCUT2D eigenvalue weighted by Crippen LogP contribution is -2.32. The molecule has 1 heterocycles. The average molecular weight is 273 g/mol.